The molecule has 0 fully saturated rings. The summed E-state index contributed by atoms with van der Waals surface area (Å²) in [5, 5.41) is 29.4. The SMILES string of the molecule is CC[n+]1c(O)c2ccccc2[n+](CC#N)c1O. The van der Waals surface area contributed by atoms with E-state index in [1.165, 1.54) is 9.13 Å². The lowest BCUT2D eigenvalue weighted by atomic mass is 10.2. The molecule has 0 amide bonds. The Balaban J connectivity index is 2.91. The monoisotopic (exact) mass is 231 g/mol. The largest absolute Gasteiger partial charge is 0.632 e. The number of hydrogen-bond donors (Lipinski definition) is 2. The van der Waals surface area contributed by atoms with E-state index >= 15 is 0 Å². The lowest BCUT2D eigenvalue weighted by Crippen LogP contribution is -2.47. The zero-order valence-electron chi connectivity index (χ0n) is 9.46. The number of aromatic nitrogens is 2. The van der Waals surface area contributed by atoms with E-state index in [0.717, 1.165) is 0 Å². The van der Waals surface area contributed by atoms with Crippen LogP contribution in [0.5, 0.6) is 11.9 Å². The third kappa shape index (κ3) is 1.64. The summed E-state index contributed by atoms with van der Waals surface area (Å²) in [4.78, 5) is 0. The van der Waals surface area contributed by atoms with E-state index in [-0.39, 0.29) is 18.4 Å². The van der Waals surface area contributed by atoms with Crippen LogP contribution >= 0.6 is 0 Å². The van der Waals surface area contributed by atoms with E-state index in [4.69, 9.17) is 5.26 Å². The van der Waals surface area contributed by atoms with Gasteiger partial charge in [0.25, 0.3) is 0 Å². The first-order valence-corrected chi connectivity index (χ1v) is 5.34. The standard InChI is InChI=1S/C12H11N3O2/c1-2-14-11(16)9-5-3-4-6-10(9)15(8-7-13)12(14)17/h3-6H,2,8H2,1H3/p+2. The average molecular weight is 231 g/mol. The number of para-hydroxylation sites is 1. The highest BCUT2D eigenvalue weighted by molar-refractivity contribution is 5.79. The van der Waals surface area contributed by atoms with Gasteiger partial charge < -0.3 is 10.2 Å². The first-order chi connectivity index (χ1) is 8.20. The fourth-order valence-electron chi connectivity index (χ4n) is 1.91. The highest BCUT2D eigenvalue weighted by Crippen LogP contribution is 2.19. The summed E-state index contributed by atoms with van der Waals surface area (Å²) in [5.41, 5.74) is 0.633. The highest BCUT2D eigenvalue weighted by atomic mass is 16.3. The molecular formula is C12H13N3O2+2. The molecule has 5 nitrogen and oxygen atoms in total. The summed E-state index contributed by atoms with van der Waals surface area (Å²) in [7, 11) is 0. The van der Waals surface area contributed by atoms with E-state index in [1.54, 1.807) is 24.3 Å². The van der Waals surface area contributed by atoms with Gasteiger partial charge in [0.05, 0.1) is 0 Å². The van der Waals surface area contributed by atoms with Crippen LogP contribution in [0, 0.1) is 11.3 Å². The van der Waals surface area contributed by atoms with Crippen molar-refractivity contribution in [1.29, 1.82) is 5.26 Å². The van der Waals surface area contributed by atoms with Crippen LogP contribution in [-0.2, 0) is 13.1 Å². The molecule has 17 heavy (non-hydrogen) atoms. The number of nitriles is 1. The Morgan fingerprint density at radius 1 is 1.24 bits per heavy atom. The maximum atomic E-state index is 10.0. The minimum Gasteiger partial charge on any atom is -0.459 e. The van der Waals surface area contributed by atoms with Gasteiger partial charge in [-0.15, -0.1) is 0 Å². The summed E-state index contributed by atoms with van der Waals surface area (Å²) in [6.45, 7) is 2.27. The maximum Gasteiger partial charge on any atom is 0.632 e. The van der Waals surface area contributed by atoms with Gasteiger partial charge in [-0.05, 0) is 13.0 Å². The Hall–Kier alpha value is -2.35. The third-order valence-electron chi connectivity index (χ3n) is 2.72. The maximum absolute atomic E-state index is 10.0. The van der Waals surface area contributed by atoms with Gasteiger partial charge in [0.2, 0.25) is 12.1 Å². The zero-order valence-corrected chi connectivity index (χ0v) is 9.46. The van der Waals surface area contributed by atoms with Crippen molar-refractivity contribution in [3.8, 4) is 18.0 Å². The van der Waals surface area contributed by atoms with Crippen molar-refractivity contribution in [3.05, 3.63) is 24.3 Å². The fourth-order valence-corrected chi connectivity index (χ4v) is 1.91. The number of fused-ring (bicyclic) bond motifs is 1. The Morgan fingerprint density at radius 2 is 1.94 bits per heavy atom. The normalized spacial score (nSPS) is 10.4. The van der Waals surface area contributed by atoms with E-state index in [2.05, 4.69) is 0 Å². The quantitative estimate of drug-likeness (QED) is 0.733. The van der Waals surface area contributed by atoms with E-state index in [0.29, 0.717) is 17.4 Å². The minimum absolute atomic E-state index is 0.00906. The minimum atomic E-state index is -0.120. The van der Waals surface area contributed by atoms with Crippen molar-refractivity contribution in [1.82, 2.24) is 0 Å². The highest BCUT2D eigenvalue weighted by Gasteiger charge is 2.31. The smallest absolute Gasteiger partial charge is 0.459 e. The van der Waals surface area contributed by atoms with Crippen LogP contribution in [0.4, 0.5) is 0 Å². The lowest BCUT2D eigenvalue weighted by Gasteiger charge is -2.01. The topological polar surface area (TPSA) is 72.0 Å². The fraction of sp³-hybridized carbons (Fsp3) is 0.250. The van der Waals surface area contributed by atoms with Gasteiger partial charge in [-0.1, -0.05) is 21.3 Å². The van der Waals surface area contributed by atoms with Crippen LogP contribution in [-0.4, -0.2) is 10.2 Å². The molecular weight excluding hydrogens is 218 g/mol. The van der Waals surface area contributed by atoms with Crippen LogP contribution in [0.1, 0.15) is 6.92 Å². The van der Waals surface area contributed by atoms with Gasteiger partial charge in [0.1, 0.15) is 6.07 Å². The second-order valence-corrected chi connectivity index (χ2v) is 3.63. The molecule has 0 bridgehead atoms. The summed E-state index contributed by atoms with van der Waals surface area (Å²) >= 11 is 0. The number of nitrogens with zero attached hydrogens (tertiary/aromatic N) is 3. The molecule has 0 aliphatic heterocycles. The van der Waals surface area contributed by atoms with Crippen LogP contribution < -0.4 is 9.13 Å². The molecule has 0 unspecified atom stereocenters. The van der Waals surface area contributed by atoms with E-state index < -0.39 is 0 Å². The molecule has 0 saturated carbocycles. The molecule has 0 atom stereocenters. The van der Waals surface area contributed by atoms with Gasteiger partial charge in [-0.3, -0.25) is 0 Å². The molecule has 5 heteroatoms. The molecule has 0 radical (unpaired) electrons. The first kappa shape index (κ1) is 11.1. The van der Waals surface area contributed by atoms with Crippen molar-refractivity contribution in [3.63, 3.8) is 0 Å². The molecule has 1 heterocycles. The van der Waals surface area contributed by atoms with Crippen LogP contribution in [0.15, 0.2) is 24.3 Å². The summed E-state index contributed by atoms with van der Waals surface area (Å²) in [6.07, 6.45) is 0. The molecule has 0 saturated heterocycles. The van der Waals surface area contributed by atoms with Gasteiger partial charge in [0, 0.05) is 6.07 Å². The van der Waals surface area contributed by atoms with Crippen molar-refractivity contribution >= 4 is 10.9 Å². The van der Waals surface area contributed by atoms with E-state index in [1.807, 2.05) is 13.0 Å². The Morgan fingerprint density at radius 3 is 2.59 bits per heavy atom. The average Bonchev–Trinajstić information content (AvgIpc) is 2.35. The zero-order chi connectivity index (χ0) is 12.4. The van der Waals surface area contributed by atoms with Gasteiger partial charge in [-0.2, -0.15) is 5.26 Å². The Kier molecular flexibility index (Phi) is 2.79. The molecule has 1 aromatic carbocycles. The molecule has 2 rings (SSSR count). The summed E-state index contributed by atoms with van der Waals surface area (Å²) in [5.74, 6) is 0.00906. The van der Waals surface area contributed by atoms with Crippen LogP contribution in [0.3, 0.4) is 0 Å². The molecule has 86 valence electrons. The van der Waals surface area contributed by atoms with Crippen molar-refractivity contribution in [2.45, 2.75) is 20.0 Å². The van der Waals surface area contributed by atoms with Crippen molar-refractivity contribution in [2.75, 3.05) is 0 Å². The second-order valence-electron chi connectivity index (χ2n) is 3.63. The molecule has 0 spiro atoms. The summed E-state index contributed by atoms with van der Waals surface area (Å²) in [6, 6.07) is 8.98. The number of aromatic hydroxyl groups is 2. The molecule has 0 aliphatic carbocycles. The number of rotatable bonds is 2. The van der Waals surface area contributed by atoms with Crippen molar-refractivity contribution in [2.24, 2.45) is 0 Å². The predicted molar refractivity (Wildman–Crippen MR) is 59.0 cm³/mol. The Labute approximate surface area is 98.4 Å². The molecule has 0 aliphatic rings. The van der Waals surface area contributed by atoms with Crippen LogP contribution in [0.25, 0.3) is 10.9 Å². The van der Waals surface area contributed by atoms with E-state index in [9.17, 15) is 10.2 Å². The molecule has 1 aromatic heterocycles. The van der Waals surface area contributed by atoms with Gasteiger partial charge >= 0.3 is 11.9 Å². The second kappa shape index (κ2) is 4.26. The number of hydrogen-bond acceptors (Lipinski definition) is 3. The molecule has 2 aromatic rings. The number of benzene rings is 1. The third-order valence-corrected chi connectivity index (χ3v) is 2.72. The predicted octanol–water partition coefficient (Wildman–Crippen LogP) is 0.369. The summed E-state index contributed by atoms with van der Waals surface area (Å²) < 4.78 is 2.83. The first-order valence-electron chi connectivity index (χ1n) is 5.34. The van der Waals surface area contributed by atoms with Gasteiger partial charge in [0.15, 0.2) is 11.9 Å². The van der Waals surface area contributed by atoms with Gasteiger partial charge in [-0.25, -0.2) is 0 Å². The Bertz CT molecular complexity index is 617. The van der Waals surface area contributed by atoms with Crippen molar-refractivity contribution < 1.29 is 19.3 Å². The van der Waals surface area contributed by atoms with Crippen LogP contribution in [0.2, 0.25) is 0 Å². The molecule has 2 N–H and O–H groups in total. The lowest BCUT2D eigenvalue weighted by molar-refractivity contribution is -0.815.